The Bertz CT molecular complexity index is 797. The van der Waals surface area contributed by atoms with Crippen molar-refractivity contribution < 1.29 is 32.5 Å². The molecular formula is C19H17F3O4. The molecule has 2 aromatic rings. The lowest BCUT2D eigenvalue weighted by Gasteiger charge is -2.11. The van der Waals surface area contributed by atoms with Gasteiger partial charge in [-0.3, -0.25) is 0 Å². The predicted molar refractivity (Wildman–Crippen MR) is 89.0 cm³/mol. The molecule has 138 valence electrons. The maximum absolute atomic E-state index is 12.8. The average Bonchev–Trinajstić information content (AvgIpc) is 2.59. The predicted octanol–water partition coefficient (Wildman–Crippen LogP) is 5.05. The molecule has 2 aromatic carbocycles. The minimum atomic E-state index is -4.46. The first-order chi connectivity index (χ1) is 12.3. The summed E-state index contributed by atoms with van der Waals surface area (Å²) in [5.74, 6) is -0.289. The van der Waals surface area contributed by atoms with Gasteiger partial charge in [-0.05, 0) is 42.8 Å². The van der Waals surface area contributed by atoms with Crippen LogP contribution in [0.1, 0.15) is 18.1 Å². The Morgan fingerprint density at radius 3 is 2.38 bits per heavy atom. The summed E-state index contributed by atoms with van der Waals surface area (Å²) in [6.45, 7) is 1.82. The smallest absolute Gasteiger partial charge is 0.416 e. The Morgan fingerprint density at radius 1 is 1.12 bits per heavy atom. The van der Waals surface area contributed by atoms with Gasteiger partial charge in [-0.2, -0.15) is 13.2 Å². The standard InChI is InChI=1S/C19H17F3O4/c1-2-25-18(24)14(12-23)9-13-5-3-7-16(10-13)26-17-8-4-6-15(11-17)19(20,21)22/h3-8,10-12,23H,2,9H2,1H3/b14-12+. The number of rotatable bonds is 6. The lowest BCUT2D eigenvalue weighted by atomic mass is 10.1. The van der Waals surface area contributed by atoms with Crippen molar-refractivity contribution in [1.29, 1.82) is 0 Å². The molecule has 0 aromatic heterocycles. The Hall–Kier alpha value is -2.96. The zero-order valence-corrected chi connectivity index (χ0v) is 13.9. The summed E-state index contributed by atoms with van der Waals surface area (Å²) < 4.78 is 48.6. The van der Waals surface area contributed by atoms with Gasteiger partial charge >= 0.3 is 12.1 Å². The van der Waals surface area contributed by atoms with E-state index in [0.717, 1.165) is 12.1 Å². The van der Waals surface area contributed by atoms with Crippen LogP contribution < -0.4 is 4.74 Å². The van der Waals surface area contributed by atoms with Crippen molar-refractivity contribution in [1.82, 2.24) is 0 Å². The first-order valence-corrected chi connectivity index (χ1v) is 7.78. The lowest BCUT2D eigenvalue weighted by Crippen LogP contribution is -2.10. The van der Waals surface area contributed by atoms with Gasteiger partial charge in [0.1, 0.15) is 11.5 Å². The van der Waals surface area contributed by atoms with Crippen molar-refractivity contribution in [3.8, 4) is 11.5 Å². The number of aliphatic hydroxyl groups excluding tert-OH is 1. The van der Waals surface area contributed by atoms with E-state index in [1.165, 1.54) is 12.1 Å². The van der Waals surface area contributed by atoms with Crippen LogP contribution >= 0.6 is 0 Å². The molecule has 0 aliphatic rings. The first kappa shape index (κ1) is 19.4. The molecule has 26 heavy (non-hydrogen) atoms. The highest BCUT2D eigenvalue weighted by Crippen LogP contribution is 2.32. The molecule has 0 radical (unpaired) electrons. The topological polar surface area (TPSA) is 55.8 Å². The van der Waals surface area contributed by atoms with Gasteiger partial charge in [0.25, 0.3) is 0 Å². The fraction of sp³-hybridized carbons (Fsp3) is 0.211. The van der Waals surface area contributed by atoms with E-state index in [1.807, 2.05) is 0 Å². The van der Waals surface area contributed by atoms with E-state index >= 15 is 0 Å². The zero-order valence-electron chi connectivity index (χ0n) is 13.9. The van der Waals surface area contributed by atoms with Crippen molar-refractivity contribution in [2.24, 2.45) is 0 Å². The summed E-state index contributed by atoms with van der Waals surface area (Å²) >= 11 is 0. The number of carbonyl (C=O) groups excluding carboxylic acids is 1. The lowest BCUT2D eigenvalue weighted by molar-refractivity contribution is -0.139. The maximum atomic E-state index is 12.8. The third-order valence-electron chi connectivity index (χ3n) is 3.38. The van der Waals surface area contributed by atoms with Gasteiger partial charge in [-0.25, -0.2) is 4.79 Å². The molecule has 0 fully saturated rings. The van der Waals surface area contributed by atoms with E-state index in [0.29, 0.717) is 17.6 Å². The van der Waals surface area contributed by atoms with Gasteiger partial charge in [0.05, 0.1) is 24.0 Å². The van der Waals surface area contributed by atoms with E-state index in [4.69, 9.17) is 9.47 Å². The van der Waals surface area contributed by atoms with E-state index < -0.39 is 17.7 Å². The Morgan fingerprint density at radius 2 is 1.77 bits per heavy atom. The molecule has 0 saturated carbocycles. The summed E-state index contributed by atoms with van der Waals surface area (Å²) in [6, 6.07) is 11.0. The quantitative estimate of drug-likeness (QED) is 0.442. The van der Waals surface area contributed by atoms with Gasteiger partial charge in [-0.1, -0.05) is 18.2 Å². The van der Waals surface area contributed by atoms with Crippen LogP contribution in [0.4, 0.5) is 13.2 Å². The Labute approximate surface area is 148 Å². The van der Waals surface area contributed by atoms with Crippen molar-refractivity contribution in [2.75, 3.05) is 6.61 Å². The van der Waals surface area contributed by atoms with Crippen LogP contribution in [0.15, 0.2) is 60.4 Å². The van der Waals surface area contributed by atoms with Crippen LogP contribution in [0.25, 0.3) is 0 Å². The molecule has 1 N–H and O–H groups in total. The number of aliphatic hydroxyl groups is 1. The van der Waals surface area contributed by atoms with Crippen LogP contribution in [-0.2, 0) is 22.1 Å². The molecular weight excluding hydrogens is 349 g/mol. The number of alkyl halides is 3. The maximum Gasteiger partial charge on any atom is 0.416 e. The fourth-order valence-corrected chi connectivity index (χ4v) is 2.21. The number of esters is 1. The minimum Gasteiger partial charge on any atom is -0.515 e. The van der Waals surface area contributed by atoms with E-state index in [2.05, 4.69) is 0 Å². The van der Waals surface area contributed by atoms with Gasteiger partial charge in [0.15, 0.2) is 0 Å². The first-order valence-electron chi connectivity index (χ1n) is 7.78. The SMILES string of the molecule is CCOC(=O)/C(=C/O)Cc1cccc(Oc2cccc(C(F)(F)F)c2)c1. The van der Waals surface area contributed by atoms with Gasteiger partial charge < -0.3 is 14.6 Å². The molecule has 0 spiro atoms. The molecule has 0 heterocycles. The summed E-state index contributed by atoms with van der Waals surface area (Å²) in [6.07, 6.45) is -3.69. The van der Waals surface area contributed by atoms with Crippen LogP contribution in [-0.4, -0.2) is 17.7 Å². The molecule has 0 aliphatic carbocycles. The third-order valence-corrected chi connectivity index (χ3v) is 3.38. The van der Waals surface area contributed by atoms with Crippen molar-refractivity contribution in [3.05, 3.63) is 71.5 Å². The molecule has 0 saturated heterocycles. The summed E-state index contributed by atoms with van der Waals surface area (Å²) in [5.41, 5.74) is -0.120. The number of hydrogen-bond donors (Lipinski definition) is 1. The van der Waals surface area contributed by atoms with Crippen molar-refractivity contribution >= 4 is 5.97 Å². The Kier molecular flexibility index (Phi) is 6.27. The highest BCUT2D eigenvalue weighted by atomic mass is 19.4. The summed E-state index contributed by atoms with van der Waals surface area (Å²) in [4.78, 5) is 11.7. The molecule has 0 aliphatic heterocycles. The van der Waals surface area contributed by atoms with Crippen molar-refractivity contribution in [3.63, 3.8) is 0 Å². The summed E-state index contributed by atoms with van der Waals surface area (Å²) in [5, 5.41) is 9.20. The van der Waals surface area contributed by atoms with Crippen molar-refractivity contribution in [2.45, 2.75) is 19.5 Å². The number of ether oxygens (including phenoxy) is 2. The van der Waals surface area contributed by atoms with E-state index in [1.54, 1.807) is 31.2 Å². The molecule has 0 unspecified atom stereocenters. The molecule has 7 heteroatoms. The van der Waals surface area contributed by atoms with Crippen LogP contribution in [0, 0.1) is 0 Å². The van der Waals surface area contributed by atoms with Gasteiger partial charge in [-0.15, -0.1) is 0 Å². The molecule has 2 rings (SSSR count). The fourth-order valence-electron chi connectivity index (χ4n) is 2.21. The number of halogens is 3. The molecule has 0 atom stereocenters. The second-order valence-corrected chi connectivity index (χ2v) is 5.33. The molecule has 0 bridgehead atoms. The van der Waals surface area contributed by atoms with Gasteiger partial charge in [0, 0.05) is 6.42 Å². The second kappa shape index (κ2) is 8.42. The summed E-state index contributed by atoms with van der Waals surface area (Å²) in [7, 11) is 0. The molecule has 0 amide bonds. The highest BCUT2D eigenvalue weighted by molar-refractivity contribution is 5.88. The van der Waals surface area contributed by atoms with Crippen LogP contribution in [0.2, 0.25) is 0 Å². The normalized spacial score (nSPS) is 11.9. The van der Waals surface area contributed by atoms with Gasteiger partial charge in [0.2, 0.25) is 0 Å². The second-order valence-electron chi connectivity index (χ2n) is 5.33. The minimum absolute atomic E-state index is 0.0419. The average molecular weight is 366 g/mol. The largest absolute Gasteiger partial charge is 0.515 e. The van der Waals surface area contributed by atoms with Crippen LogP contribution in [0.3, 0.4) is 0 Å². The van der Waals surface area contributed by atoms with E-state index in [-0.39, 0.29) is 24.4 Å². The number of benzene rings is 2. The highest BCUT2D eigenvalue weighted by Gasteiger charge is 2.30. The number of hydrogen-bond acceptors (Lipinski definition) is 4. The van der Waals surface area contributed by atoms with Crippen LogP contribution in [0.5, 0.6) is 11.5 Å². The molecule has 4 nitrogen and oxygen atoms in total. The Balaban J connectivity index is 2.16. The van der Waals surface area contributed by atoms with E-state index in [9.17, 15) is 23.1 Å². The zero-order chi connectivity index (χ0) is 19.2. The third kappa shape index (κ3) is 5.27. The monoisotopic (exact) mass is 366 g/mol. The number of carbonyl (C=O) groups is 1.